The molecule has 1 heterocycles. The largest absolute Gasteiger partial charge is 0.456 e. The van der Waals surface area contributed by atoms with Gasteiger partial charge in [-0.3, -0.25) is 0 Å². The maximum absolute atomic E-state index is 12.6. The average molecular weight is 326 g/mol. The van der Waals surface area contributed by atoms with Gasteiger partial charge in [0.25, 0.3) is 0 Å². The van der Waals surface area contributed by atoms with Crippen molar-refractivity contribution in [1.29, 1.82) is 0 Å². The smallest absolute Gasteiger partial charge is 0.338 e. The number of hydrogen-bond donors (Lipinski definition) is 1. The molecule has 0 spiro atoms. The second kappa shape index (κ2) is 6.36. The predicted octanol–water partition coefficient (Wildman–Crippen LogP) is 1.24. The molecular formula is C15H22N2O4S. The molecule has 0 aliphatic carbocycles. The third-order valence-electron chi connectivity index (χ3n) is 3.18. The highest BCUT2D eigenvalue weighted by Crippen LogP contribution is 2.19. The Balaban J connectivity index is 2.26. The number of carbonyl (C=O) groups is 1. The van der Waals surface area contributed by atoms with E-state index in [-0.39, 0.29) is 10.5 Å². The molecule has 7 heteroatoms. The molecule has 0 saturated carbocycles. The van der Waals surface area contributed by atoms with E-state index in [1.54, 1.807) is 32.9 Å². The summed E-state index contributed by atoms with van der Waals surface area (Å²) in [7, 11) is -3.58. The van der Waals surface area contributed by atoms with Crippen LogP contribution in [0.3, 0.4) is 0 Å². The molecule has 1 aromatic rings. The summed E-state index contributed by atoms with van der Waals surface area (Å²) in [5.41, 5.74) is -0.379. The van der Waals surface area contributed by atoms with Crippen LogP contribution in [0.1, 0.15) is 31.1 Å². The summed E-state index contributed by atoms with van der Waals surface area (Å²) in [4.78, 5) is 12.2. The lowest BCUT2D eigenvalue weighted by atomic mass is 10.2. The molecule has 1 saturated heterocycles. The Hall–Kier alpha value is -1.44. The lowest BCUT2D eigenvalue weighted by molar-refractivity contribution is 0.00692. The van der Waals surface area contributed by atoms with Gasteiger partial charge in [-0.15, -0.1) is 0 Å². The van der Waals surface area contributed by atoms with Crippen LogP contribution in [-0.4, -0.2) is 50.5 Å². The standard InChI is InChI=1S/C15H22N2O4S/c1-15(2,3)21-14(18)12-5-4-6-13(11-12)22(19,20)17-9-7-16-8-10-17/h4-6,11,16H,7-10H2,1-3H3. The van der Waals surface area contributed by atoms with Gasteiger partial charge >= 0.3 is 5.97 Å². The molecule has 1 aliphatic heterocycles. The zero-order chi connectivity index (χ0) is 16.4. The van der Waals surface area contributed by atoms with E-state index in [9.17, 15) is 13.2 Å². The summed E-state index contributed by atoms with van der Waals surface area (Å²) in [6.45, 7) is 7.43. The number of esters is 1. The highest BCUT2D eigenvalue weighted by molar-refractivity contribution is 7.89. The minimum atomic E-state index is -3.58. The number of piperazine rings is 1. The summed E-state index contributed by atoms with van der Waals surface area (Å²) in [6, 6.07) is 6.01. The van der Waals surface area contributed by atoms with Crippen LogP contribution in [-0.2, 0) is 14.8 Å². The number of hydrogen-bond acceptors (Lipinski definition) is 5. The molecule has 0 bridgehead atoms. The Kier molecular flexibility index (Phi) is 4.89. The van der Waals surface area contributed by atoms with Gasteiger partial charge in [0.2, 0.25) is 10.0 Å². The summed E-state index contributed by atoms with van der Waals surface area (Å²) in [5.74, 6) is -0.523. The SMILES string of the molecule is CC(C)(C)OC(=O)c1cccc(S(=O)(=O)N2CCNCC2)c1. The fourth-order valence-electron chi connectivity index (χ4n) is 2.15. The first-order chi connectivity index (χ1) is 10.2. The van der Waals surface area contributed by atoms with Crippen molar-refractivity contribution in [2.24, 2.45) is 0 Å². The Morgan fingerprint density at radius 1 is 1.23 bits per heavy atom. The molecule has 0 aromatic heterocycles. The normalized spacial score (nSPS) is 17.2. The monoisotopic (exact) mass is 326 g/mol. The van der Waals surface area contributed by atoms with E-state index >= 15 is 0 Å². The number of ether oxygens (including phenoxy) is 1. The van der Waals surface area contributed by atoms with Crippen molar-refractivity contribution in [2.45, 2.75) is 31.3 Å². The van der Waals surface area contributed by atoms with Crippen LogP contribution in [0, 0.1) is 0 Å². The number of sulfonamides is 1. The Bertz CT molecular complexity index is 644. The van der Waals surface area contributed by atoms with Crippen molar-refractivity contribution in [3.05, 3.63) is 29.8 Å². The molecule has 122 valence electrons. The van der Waals surface area contributed by atoms with Crippen molar-refractivity contribution < 1.29 is 17.9 Å². The fraction of sp³-hybridized carbons (Fsp3) is 0.533. The first-order valence-electron chi connectivity index (χ1n) is 7.24. The molecule has 1 N–H and O–H groups in total. The molecule has 6 nitrogen and oxygen atoms in total. The highest BCUT2D eigenvalue weighted by atomic mass is 32.2. The van der Waals surface area contributed by atoms with Crippen LogP contribution in [0.25, 0.3) is 0 Å². The molecule has 1 aliphatic rings. The van der Waals surface area contributed by atoms with Crippen LogP contribution in [0.5, 0.6) is 0 Å². The molecule has 0 radical (unpaired) electrons. The van der Waals surface area contributed by atoms with Gasteiger partial charge in [-0.05, 0) is 39.0 Å². The average Bonchev–Trinajstić information content (AvgIpc) is 2.46. The van der Waals surface area contributed by atoms with Gasteiger partial charge < -0.3 is 10.1 Å². The van der Waals surface area contributed by atoms with E-state index in [0.717, 1.165) is 0 Å². The van der Waals surface area contributed by atoms with Crippen molar-refractivity contribution >= 4 is 16.0 Å². The molecule has 0 amide bonds. The van der Waals surface area contributed by atoms with Crippen molar-refractivity contribution in [2.75, 3.05) is 26.2 Å². The highest BCUT2D eigenvalue weighted by Gasteiger charge is 2.27. The van der Waals surface area contributed by atoms with Gasteiger partial charge in [-0.25, -0.2) is 13.2 Å². The number of carbonyl (C=O) groups excluding carboxylic acids is 1. The van der Waals surface area contributed by atoms with Crippen LogP contribution in [0.4, 0.5) is 0 Å². The summed E-state index contributed by atoms with van der Waals surface area (Å²) >= 11 is 0. The summed E-state index contributed by atoms with van der Waals surface area (Å²) < 4.78 is 31.9. The zero-order valence-electron chi connectivity index (χ0n) is 13.1. The molecular weight excluding hydrogens is 304 g/mol. The molecule has 1 aromatic carbocycles. The van der Waals surface area contributed by atoms with Crippen molar-refractivity contribution in [3.63, 3.8) is 0 Å². The van der Waals surface area contributed by atoms with E-state index in [1.165, 1.54) is 16.4 Å². The lowest BCUT2D eigenvalue weighted by Gasteiger charge is -2.26. The van der Waals surface area contributed by atoms with Gasteiger partial charge in [0.1, 0.15) is 5.60 Å². The summed E-state index contributed by atoms with van der Waals surface area (Å²) in [6.07, 6.45) is 0. The van der Waals surface area contributed by atoms with E-state index in [0.29, 0.717) is 26.2 Å². The third kappa shape index (κ3) is 4.06. The Morgan fingerprint density at radius 2 is 1.86 bits per heavy atom. The molecule has 1 fully saturated rings. The Labute approximate surface area is 131 Å². The van der Waals surface area contributed by atoms with Crippen LogP contribution < -0.4 is 5.32 Å². The minimum absolute atomic E-state index is 0.123. The molecule has 0 unspecified atom stereocenters. The topological polar surface area (TPSA) is 75.7 Å². The van der Waals surface area contributed by atoms with Crippen LogP contribution in [0.2, 0.25) is 0 Å². The minimum Gasteiger partial charge on any atom is -0.456 e. The molecule has 22 heavy (non-hydrogen) atoms. The van der Waals surface area contributed by atoms with Gasteiger partial charge in [-0.2, -0.15) is 4.31 Å². The van der Waals surface area contributed by atoms with Crippen LogP contribution >= 0.6 is 0 Å². The number of rotatable bonds is 3. The third-order valence-corrected chi connectivity index (χ3v) is 5.08. The number of benzene rings is 1. The second-order valence-electron chi connectivity index (χ2n) is 6.18. The Morgan fingerprint density at radius 3 is 2.45 bits per heavy atom. The van der Waals surface area contributed by atoms with Gasteiger partial charge in [0.15, 0.2) is 0 Å². The number of nitrogens with zero attached hydrogens (tertiary/aromatic N) is 1. The second-order valence-corrected chi connectivity index (χ2v) is 8.12. The van der Waals surface area contributed by atoms with E-state index in [2.05, 4.69) is 5.32 Å². The van der Waals surface area contributed by atoms with Gasteiger partial charge in [0.05, 0.1) is 10.5 Å². The maximum atomic E-state index is 12.6. The van der Waals surface area contributed by atoms with Crippen molar-refractivity contribution in [1.82, 2.24) is 9.62 Å². The van der Waals surface area contributed by atoms with E-state index in [1.807, 2.05) is 0 Å². The van der Waals surface area contributed by atoms with Crippen LogP contribution in [0.15, 0.2) is 29.2 Å². The fourth-order valence-corrected chi connectivity index (χ4v) is 3.64. The van der Waals surface area contributed by atoms with Gasteiger partial charge in [0, 0.05) is 26.2 Å². The first kappa shape index (κ1) is 16.9. The first-order valence-corrected chi connectivity index (χ1v) is 8.68. The van der Waals surface area contributed by atoms with Gasteiger partial charge in [-0.1, -0.05) is 6.07 Å². The lowest BCUT2D eigenvalue weighted by Crippen LogP contribution is -2.46. The maximum Gasteiger partial charge on any atom is 0.338 e. The molecule has 0 atom stereocenters. The predicted molar refractivity (Wildman–Crippen MR) is 83.2 cm³/mol. The zero-order valence-corrected chi connectivity index (χ0v) is 13.9. The number of nitrogens with one attached hydrogen (secondary N) is 1. The van der Waals surface area contributed by atoms with Crippen molar-refractivity contribution in [3.8, 4) is 0 Å². The van der Waals surface area contributed by atoms with E-state index < -0.39 is 21.6 Å². The molecule has 2 rings (SSSR count). The quantitative estimate of drug-likeness (QED) is 0.846. The van der Waals surface area contributed by atoms with E-state index in [4.69, 9.17) is 4.74 Å². The summed E-state index contributed by atoms with van der Waals surface area (Å²) in [5, 5.41) is 3.11.